The van der Waals surface area contributed by atoms with Crippen LogP contribution in [0.1, 0.15) is 25.8 Å². The molecule has 0 bridgehead atoms. The van der Waals surface area contributed by atoms with Crippen LogP contribution in [-0.2, 0) is 4.79 Å². The van der Waals surface area contributed by atoms with Crippen LogP contribution in [0.4, 0.5) is 5.13 Å². The van der Waals surface area contributed by atoms with Gasteiger partial charge in [-0.25, -0.2) is 4.98 Å². The lowest BCUT2D eigenvalue weighted by atomic mass is 10.1. The lowest BCUT2D eigenvalue weighted by molar-refractivity contribution is -0.120. The zero-order chi connectivity index (χ0) is 16.4. The van der Waals surface area contributed by atoms with Crippen LogP contribution in [0.3, 0.4) is 0 Å². The van der Waals surface area contributed by atoms with Crippen molar-refractivity contribution in [1.29, 1.82) is 0 Å². The lowest BCUT2D eigenvalue weighted by Gasteiger charge is -2.22. The lowest BCUT2D eigenvalue weighted by Crippen LogP contribution is -2.40. The van der Waals surface area contributed by atoms with Crippen LogP contribution in [0.25, 0.3) is 11.3 Å². The van der Waals surface area contributed by atoms with E-state index < -0.39 is 0 Å². The molecular weight excluding hydrogens is 306 g/mol. The molecular formula is C18H23N3OS. The number of likely N-dealkylation sites (tertiary alicyclic amines) is 1. The summed E-state index contributed by atoms with van der Waals surface area (Å²) in [6.45, 7) is 8.28. The van der Waals surface area contributed by atoms with E-state index in [4.69, 9.17) is 0 Å². The number of nitrogens with one attached hydrogen (secondary N) is 1. The van der Waals surface area contributed by atoms with E-state index in [0.29, 0.717) is 11.0 Å². The standard InChI is InChI=1S/C18H23N3OS/c1-12-4-6-15(7-5-12)16-11-23-18(19-16)20-17(22)14(3)21-9-8-13(2)10-21/h4-7,11,13-14H,8-10H2,1-3H3,(H,19,20,22). The molecule has 0 saturated carbocycles. The molecule has 1 fully saturated rings. The molecule has 1 aliphatic rings. The Hall–Kier alpha value is -1.72. The molecule has 2 aromatic rings. The minimum Gasteiger partial charge on any atom is -0.301 e. The number of anilines is 1. The Labute approximate surface area is 141 Å². The number of hydrogen-bond acceptors (Lipinski definition) is 4. The number of amides is 1. The first-order valence-corrected chi connectivity index (χ1v) is 8.98. The van der Waals surface area contributed by atoms with Gasteiger partial charge in [0, 0.05) is 17.5 Å². The topological polar surface area (TPSA) is 45.2 Å². The molecule has 122 valence electrons. The average molecular weight is 329 g/mol. The van der Waals surface area contributed by atoms with Crippen molar-refractivity contribution in [1.82, 2.24) is 9.88 Å². The molecule has 1 aromatic carbocycles. The Kier molecular flexibility index (Phi) is 4.78. The van der Waals surface area contributed by atoms with Crippen LogP contribution >= 0.6 is 11.3 Å². The summed E-state index contributed by atoms with van der Waals surface area (Å²) in [6, 6.07) is 8.16. The Morgan fingerprint density at radius 1 is 1.39 bits per heavy atom. The predicted molar refractivity (Wildman–Crippen MR) is 95.7 cm³/mol. The van der Waals surface area contributed by atoms with Crippen molar-refractivity contribution < 1.29 is 4.79 Å². The van der Waals surface area contributed by atoms with Crippen LogP contribution in [0, 0.1) is 12.8 Å². The fraction of sp³-hybridized carbons (Fsp3) is 0.444. The first kappa shape index (κ1) is 16.1. The molecule has 1 N–H and O–H groups in total. The van der Waals surface area contributed by atoms with E-state index in [2.05, 4.69) is 53.3 Å². The van der Waals surface area contributed by atoms with E-state index in [9.17, 15) is 4.79 Å². The van der Waals surface area contributed by atoms with Crippen molar-refractivity contribution in [2.24, 2.45) is 5.92 Å². The van der Waals surface area contributed by atoms with Crippen molar-refractivity contribution in [2.45, 2.75) is 33.2 Å². The molecule has 4 nitrogen and oxygen atoms in total. The van der Waals surface area contributed by atoms with Gasteiger partial charge in [-0.1, -0.05) is 36.8 Å². The van der Waals surface area contributed by atoms with Crippen molar-refractivity contribution >= 4 is 22.4 Å². The van der Waals surface area contributed by atoms with Gasteiger partial charge < -0.3 is 5.32 Å². The SMILES string of the molecule is Cc1ccc(-c2csc(NC(=O)C(C)N3CCC(C)C3)n2)cc1. The third-order valence-electron chi connectivity index (χ3n) is 4.46. The maximum Gasteiger partial charge on any atom is 0.243 e. The maximum atomic E-state index is 12.4. The molecule has 0 spiro atoms. The number of carbonyl (C=O) groups excluding carboxylic acids is 1. The number of nitrogens with zero attached hydrogens (tertiary/aromatic N) is 2. The van der Waals surface area contributed by atoms with E-state index in [1.165, 1.54) is 23.3 Å². The van der Waals surface area contributed by atoms with Crippen LogP contribution in [0.15, 0.2) is 29.6 Å². The van der Waals surface area contributed by atoms with Gasteiger partial charge in [0.2, 0.25) is 5.91 Å². The number of aryl methyl sites for hydroxylation is 1. The van der Waals surface area contributed by atoms with Gasteiger partial charge in [0.05, 0.1) is 11.7 Å². The smallest absolute Gasteiger partial charge is 0.243 e. The molecule has 5 heteroatoms. The molecule has 2 atom stereocenters. The molecule has 1 aromatic heterocycles. The van der Waals surface area contributed by atoms with E-state index in [0.717, 1.165) is 24.3 Å². The summed E-state index contributed by atoms with van der Waals surface area (Å²) in [4.78, 5) is 19.2. The minimum atomic E-state index is -0.105. The Morgan fingerprint density at radius 3 is 2.78 bits per heavy atom. The number of hydrogen-bond donors (Lipinski definition) is 1. The Balaban J connectivity index is 1.64. The van der Waals surface area contributed by atoms with Gasteiger partial charge in [-0.3, -0.25) is 9.69 Å². The molecule has 1 saturated heterocycles. The minimum absolute atomic E-state index is 0.0314. The van der Waals surface area contributed by atoms with Gasteiger partial charge in [-0.2, -0.15) is 0 Å². The fourth-order valence-corrected chi connectivity index (χ4v) is 3.61. The summed E-state index contributed by atoms with van der Waals surface area (Å²) in [6.07, 6.45) is 1.17. The van der Waals surface area contributed by atoms with Crippen molar-refractivity contribution in [3.63, 3.8) is 0 Å². The Morgan fingerprint density at radius 2 is 2.13 bits per heavy atom. The molecule has 2 heterocycles. The quantitative estimate of drug-likeness (QED) is 0.928. The highest BCUT2D eigenvalue weighted by Crippen LogP contribution is 2.26. The predicted octanol–water partition coefficient (Wildman–Crippen LogP) is 3.79. The molecule has 2 unspecified atom stereocenters. The van der Waals surface area contributed by atoms with E-state index in [1.54, 1.807) is 0 Å². The largest absolute Gasteiger partial charge is 0.301 e. The van der Waals surface area contributed by atoms with Crippen LogP contribution in [0.2, 0.25) is 0 Å². The summed E-state index contributed by atoms with van der Waals surface area (Å²) >= 11 is 1.48. The van der Waals surface area contributed by atoms with Gasteiger partial charge >= 0.3 is 0 Å². The highest BCUT2D eigenvalue weighted by molar-refractivity contribution is 7.14. The number of rotatable bonds is 4. The normalized spacial score (nSPS) is 19.7. The zero-order valence-corrected chi connectivity index (χ0v) is 14.7. The summed E-state index contributed by atoms with van der Waals surface area (Å²) in [5.41, 5.74) is 3.22. The molecule has 3 rings (SSSR count). The third kappa shape index (κ3) is 3.79. The van der Waals surface area contributed by atoms with Crippen LogP contribution < -0.4 is 5.32 Å². The number of aromatic nitrogens is 1. The van der Waals surface area contributed by atoms with E-state index in [1.807, 2.05) is 12.3 Å². The number of thiazole rings is 1. The van der Waals surface area contributed by atoms with Gasteiger partial charge in [0.1, 0.15) is 0 Å². The summed E-state index contributed by atoms with van der Waals surface area (Å²) in [5, 5.41) is 5.62. The van der Waals surface area contributed by atoms with E-state index >= 15 is 0 Å². The van der Waals surface area contributed by atoms with Crippen LogP contribution in [-0.4, -0.2) is 34.9 Å². The molecule has 0 radical (unpaired) electrons. The first-order chi connectivity index (χ1) is 11.0. The Bertz CT molecular complexity index is 680. The second kappa shape index (κ2) is 6.81. The van der Waals surface area contributed by atoms with Crippen molar-refractivity contribution in [2.75, 3.05) is 18.4 Å². The summed E-state index contributed by atoms with van der Waals surface area (Å²) in [7, 11) is 0. The van der Waals surface area contributed by atoms with Gasteiger partial charge in [0.25, 0.3) is 0 Å². The first-order valence-electron chi connectivity index (χ1n) is 8.10. The zero-order valence-electron chi connectivity index (χ0n) is 13.9. The molecule has 23 heavy (non-hydrogen) atoms. The van der Waals surface area contributed by atoms with Gasteiger partial charge in [0.15, 0.2) is 5.13 Å². The highest BCUT2D eigenvalue weighted by atomic mass is 32.1. The maximum absolute atomic E-state index is 12.4. The van der Waals surface area contributed by atoms with Crippen molar-refractivity contribution in [3.8, 4) is 11.3 Å². The van der Waals surface area contributed by atoms with Crippen molar-refractivity contribution in [3.05, 3.63) is 35.2 Å². The number of benzene rings is 1. The second-order valence-electron chi connectivity index (χ2n) is 6.46. The molecule has 1 amide bonds. The summed E-state index contributed by atoms with van der Waals surface area (Å²) < 4.78 is 0. The van der Waals surface area contributed by atoms with Crippen LogP contribution in [0.5, 0.6) is 0 Å². The molecule has 0 aliphatic carbocycles. The average Bonchev–Trinajstić information content (AvgIpc) is 3.16. The fourth-order valence-electron chi connectivity index (χ4n) is 2.88. The third-order valence-corrected chi connectivity index (χ3v) is 5.22. The highest BCUT2D eigenvalue weighted by Gasteiger charge is 2.27. The van der Waals surface area contributed by atoms with E-state index in [-0.39, 0.29) is 11.9 Å². The number of carbonyl (C=O) groups is 1. The van der Waals surface area contributed by atoms with Gasteiger partial charge in [-0.15, -0.1) is 11.3 Å². The second-order valence-corrected chi connectivity index (χ2v) is 7.32. The van der Waals surface area contributed by atoms with Gasteiger partial charge in [-0.05, 0) is 32.7 Å². The molecule has 1 aliphatic heterocycles. The monoisotopic (exact) mass is 329 g/mol. The summed E-state index contributed by atoms with van der Waals surface area (Å²) in [5.74, 6) is 0.710.